The second-order valence-corrected chi connectivity index (χ2v) is 6.32. The van der Waals surface area contributed by atoms with Crippen molar-refractivity contribution in [3.8, 4) is 0 Å². The molecule has 4 heteroatoms. The van der Waals surface area contributed by atoms with Crippen LogP contribution >= 0.6 is 0 Å². The molecule has 2 saturated carbocycles. The second-order valence-electron chi connectivity index (χ2n) is 6.32. The number of amides is 1. The van der Waals surface area contributed by atoms with Crippen LogP contribution in [0.5, 0.6) is 0 Å². The van der Waals surface area contributed by atoms with Crippen LogP contribution < -0.4 is 5.32 Å². The number of aliphatic hydroxyl groups is 1. The first kappa shape index (κ1) is 14.4. The van der Waals surface area contributed by atoms with Crippen molar-refractivity contribution in [1.29, 1.82) is 0 Å². The van der Waals surface area contributed by atoms with Gasteiger partial charge in [-0.15, -0.1) is 0 Å². The number of carbonyl (C=O) groups excluding carboxylic acids is 1. The standard InChI is InChI=1S/C17H23NO3/c19-16-13-7-4-8-14(16)10-15(9-13)18-17(20)21-11-12-5-2-1-3-6-12/h1-3,5-6,13-16,19H,4,7-11H2,(H,18,20)/t13-,14+,15?,16?. The topological polar surface area (TPSA) is 58.6 Å². The quantitative estimate of drug-likeness (QED) is 0.899. The van der Waals surface area contributed by atoms with E-state index in [1.165, 1.54) is 6.42 Å². The maximum Gasteiger partial charge on any atom is 0.407 e. The molecular weight excluding hydrogens is 266 g/mol. The Morgan fingerprint density at radius 3 is 2.52 bits per heavy atom. The summed E-state index contributed by atoms with van der Waals surface area (Å²) in [6.07, 6.45) is 4.59. The Balaban J connectivity index is 1.47. The number of rotatable bonds is 3. The van der Waals surface area contributed by atoms with Gasteiger partial charge in [0.25, 0.3) is 0 Å². The van der Waals surface area contributed by atoms with Gasteiger partial charge in [-0.25, -0.2) is 4.79 Å². The minimum atomic E-state index is -0.349. The lowest BCUT2D eigenvalue weighted by Gasteiger charge is -2.43. The van der Waals surface area contributed by atoms with Crippen molar-refractivity contribution < 1.29 is 14.6 Å². The molecule has 4 nitrogen and oxygen atoms in total. The summed E-state index contributed by atoms with van der Waals surface area (Å²) in [6, 6.07) is 9.83. The first-order valence-electron chi connectivity index (χ1n) is 7.87. The largest absolute Gasteiger partial charge is 0.445 e. The molecule has 0 radical (unpaired) electrons. The highest BCUT2D eigenvalue weighted by Gasteiger charge is 2.39. The highest BCUT2D eigenvalue weighted by atomic mass is 16.5. The van der Waals surface area contributed by atoms with E-state index in [1.54, 1.807) is 0 Å². The maximum atomic E-state index is 11.9. The van der Waals surface area contributed by atoms with Crippen molar-refractivity contribution >= 4 is 6.09 Å². The Kier molecular flexibility index (Phi) is 4.44. The van der Waals surface area contributed by atoms with Gasteiger partial charge in [0.1, 0.15) is 6.61 Å². The second kappa shape index (κ2) is 6.48. The molecule has 0 heterocycles. The molecule has 3 rings (SSSR count). The van der Waals surface area contributed by atoms with E-state index in [0.717, 1.165) is 31.2 Å². The van der Waals surface area contributed by atoms with Crippen LogP contribution in [0, 0.1) is 11.8 Å². The molecule has 0 aromatic heterocycles. The van der Waals surface area contributed by atoms with Crippen LogP contribution in [0.3, 0.4) is 0 Å². The summed E-state index contributed by atoms with van der Waals surface area (Å²) < 4.78 is 5.27. The first-order chi connectivity index (χ1) is 10.2. The lowest BCUT2D eigenvalue weighted by Crippen LogP contribution is -2.48. The predicted molar refractivity (Wildman–Crippen MR) is 79.6 cm³/mol. The molecule has 21 heavy (non-hydrogen) atoms. The molecule has 2 aliphatic rings. The predicted octanol–water partition coefficient (Wildman–Crippen LogP) is 2.85. The number of ether oxygens (including phenoxy) is 1. The van der Waals surface area contributed by atoms with Crippen molar-refractivity contribution in [2.24, 2.45) is 11.8 Å². The van der Waals surface area contributed by atoms with Gasteiger partial charge in [0, 0.05) is 6.04 Å². The van der Waals surface area contributed by atoms with Gasteiger partial charge in [0.2, 0.25) is 0 Å². The lowest BCUT2D eigenvalue weighted by atomic mass is 9.68. The number of aliphatic hydroxyl groups excluding tert-OH is 1. The fourth-order valence-corrected chi connectivity index (χ4v) is 3.76. The highest BCUT2D eigenvalue weighted by Crippen LogP contribution is 2.40. The molecule has 2 N–H and O–H groups in total. The van der Waals surface area contributed by atoms with Crippen LogP contribution in [0.15, 0.2) is 30.3 Å². The van der Waals surface area contributed by atoms with Gasteiger partial charge in [-0.2, -0.15) is 0 Å². The van der Waals surface area contributed by atoms with Gasteiger partial charge in [-0.1, -0.05) is 36.8 Å². The van der Waals surface area contributed by atoms with Gasteiger partial charge in [-0.05, 0) is 43.1 Å². The summed E-state index contributed by atoms with van der Waals surface area (Å²) in [5.74, 6) is 0.689. The Hall–Kier alpha value is -1.55. The van der Waals surface area contributed by atoms with Gasteiger partial charge in [-0.3, -0.25) is 0 Å². The van der Waals surface area contributed by atoms with E-state index in [0.29, 0.717) is 18.4 Å². The van der Waals surface area contributed by atoms with Crippen molar-refractivity contribution in [1.82, 2.24) is 5.32 Å². The van der Waals surface area contributed by atoms with Gasteiger partial charge >= 0.3 is 6.09 Å². The summed E-state index contributed by atoms with van der Waals surface area (Å²) in [5.41, 5.74) is 0.989. The van der Waals surface area contributed by atoms with E-state index in [4.69, 9.17) is 4.74 Å². The molecule has 1 aromatic carbocycles. The molecular formula is C17H23NO3. The van der Waals surface area contributed by atoms with E-state index >= 15 is 0 Å². The zero-order chi connectivity index (χ0) is 14.7. The van der Waals surface area contributed by atoms with Crippen molar-refractivity contribution in [3.05, 3.63) is 35.9 Å². The Morgan fingerprint density at radius 1 is 1.19 bits per heavy atom. The SMILES string of the molecule is O=C(NC1C[C@H]2CCC[C@@H](C1)C2O)OCc1ccccc1. The van der Waals surface area contributed by atoms with Crippen molar-refractivity contribution in [2.45, 2.75) is 50.9 Å². The minimum Gasteiger partial charge on any atom is -0.445 e. The van der Waals surface area contributed by atoms with E-state index in [-0.39, 0.29) is 18.2 Å². The molecule has 1 aromatic rings. The fourth-order valence-electron chi connectivity index (χ4n) is 3.76. The molecule has 114 valence electrons. The first-order valence-corrected chi connectivity index (χ1v) is 7.87. The van der Waals surface area contributed by atoms with Crippen LogP contribution in [0.25, 0.3) is 0 Å². The van der Waals surface area contributed by atoms with Crippen LogP contribution in [-0.4, -0.2) is 23.3 Å². The van der Waals surface area contributed by atoms with Crippen LogP contribution in [0.2, 0.25) is 0 Å². The number of carbonyl (C=O) groups is 1. The minimum absolute atomic E-state index is 0.145. The molecule has 2 fully saturated rings. The zero-order valence-corrected chi connectivity index (χ0v) is 12.2. The van der Waals surface area contributed by atoms with Gasteiger partial charge in [0.05, 0.1) is 6.10 Å². The molecule has 0 aliphatic heterocycles. The fraction of sp³-hybridized carbons (Fsp3) is 0.588. The Bertz CT molecular complexity index is 462. The number of alkyl carbamates (subject to hydrolysis) is 1. The normalized spacial score (nSPS) is 31.5. The number of benzene rings is 1. The molecule has 2 unspecified atom stereocenters. The maximum absolute atomic E-state index is 11.9. The average molecular weight is 289 g/mol. The highest BCUT2D eigenvalue weighted by molar-refractivity contribution is 5.67. The summed E-state index contributed by atoms with van der Waals surface area (Å²) >= 11 is 0. The average Bonchev–Trinajstić information content (AvgIpc) is 2.47. The molecule has 4 atom stereocenters. The molecule has 0 saturated heterocycles. The van der Waals surface area contributed by atoms with Crippen LogP contribution in [0.4, 0.5) is 4.79 Å². The third-order valence-corrected chi connectivity index (χ3v) is 4.83. The van der Waals surface area contributed by atoms with Crippen molar-refractivity contribution in [3.63, 3.8) is 0 Å². The number of fused-ring (bicyclic) bond motifs is 2. The van der Waals surface area contributed by atoms with Crippen molar-refractivity contribution in [2.75, 3.05) is 0 Å². The van der Waals surface area contributed by atoms with Crippen LogP contribution in [-0.2, 0) is 11.3 Å². The molecule has 2 aliphatic carbocycles. The number of hydrogen-bond acceptors (Lipinski definition) is 3. The summed E-state index contributed by atoms with van der Waals surface area (Å²) in [4.78, 5) is 11.9. The van der Waals surface area contributed by atoms with Gasteiger partial charge in [0.15, 0.2) is 0 Å². The van der Waals surface area contributed by atoms with E-state index in [1.807, 2.05) is 30.3 Å². The Labute approximate surface area is 125 Å². The molecule has 1 amide bonds. The monoisotopic (exact) mass is 289 g/mol. The van der Waals surface area contributed by atoms with Gasteiger partial charge < -0.3 is 15.2 Å². The summed E-state index contributed by atoms with van der Waals surface area (Å²) in [5, 5.41) is 13.1. The van der Waals surface area contributed by atoms with E-state index in [9.17, 15) is 9.90 Å². The van der Waals surface area contributed by atoms with Crippen LogP contribution in [0.1, 0.15) is 37.7 Å². The Morgan fingerprint density at radius 2 is 1.86 bits per heavy atom. The van der Waals surface area contributed by atoms with E-state index < -0.39 is 0 Å². The molecule has 2 bridgehead atoms. The lowest BCUT2D eigenvalue weighted by molar-refractivity contribution is -0.0251. The van der Waals surface area contributed by atoms with E-state index in [2.05, 4.69) is 5.32 Å². The number of nitrogens with one attached hydrogen (secondary N) is 1. The third kappa shape index (κ3) is 3.56. The number of hydrogen-bond donors (Lipinski definition) is 2. The summed E-state index contributed by atoms with van der Waals surface area (Å²) in [7, 11) is 0. The summed E-state index contributed by atoms with van der Waals surface area (Å²) in [6.45, 7) is 0.300. The molecule has 0 spiro atoms. The smallest absolute Gasteiger partial charge is 0.407 e. The third-order valence-electron chi connectivity index (χ3n) is 4.83. The zero-order valence-electron chi connectivity index (χ0n) is 12.2.